The first-order valence-electron chi connectivity index (χ1n) is 8.53. The van der Waals surface area contributed by atoms with E-state index < -0.39 is 41.4 Å². The fourth-order valence-electron chi connectivity index (χ4n) is 2.83. The zero-order valence-corrected chi connectivity index (χ0v) is 16.9. The fraction of sp³-hybridized carbons (Fsp3) is 0.222. The molecule has 2 aromatic rings. The second-order valence-corrected chi connectivity index (χ2v) is 7.23. The topological polar surface area (TPSA) is 50.2 Å². The van der Waals surface area contributed by atoms with Crippen molar-refractivity contribution in [2.75, 3.05) is 9.62 Å². The third-order valence-corrected chi connectivity index (χ3v) is 4.95. The molecule has 166 valence electrons. The Morgan fingerprint density at radius 2 is 1.81 bits per heavy atom. The number of thiol groups is 1. The van der Waals surface area contributed by atoms with Gasteiger partial charge in [-0.1, -0.05) is 36.6 Å². The van der Waals surface area contributed by atoms with Crippen molar-refractivity contribution >= 4 is 41.8 Å². The number of hydrogen-bond acceptors (Lipinski definition) is 3. The number of nitrogens with zero attached hydrogens (tertiary/aromatic N) is 3. The standard InChI is InChI=1S/C18H13ClF6N4OS/c19-11-3-7-13(8-4-11)28-15(18(23,24)25)14(9-26-28)29(31)16(30)27-12-5-1-10(2-6-12)17(20,21)22/h1-7,9,13,31H,8H2,(H,27,30). The van der Waals surface area contributed by atoms with E-state index >= 15 is 0 Å². The lowest BCUT2D eigenvalue weighted by atomic mass is 10.1. The number of rotatable bonds is 3. The molecule has 0 fully saturated rings. The summed E-state index contributed by atoms with van der Waals surface area (Å²) >= 11 is 9.64. The number of hydrogen-bond donors (Lipinski definition) is 2. The number of aromatic nitrogens is 2. The van der Waals surface area contributed by atoms with Crippen molar-refractivity contribution in [1.29, 1.82) is 0 Å². The molecule has 31 heavy (non-hydrogen) atoms. The third-order valence-electron chi connectivity index (χ3n) is 4.27. The molecule has 1 heterocycles. The Hall–Kier alpha value is -2.60. The maximum Gasteiger partial charge on any atom is 0.435 e. The predicted molar refractivity (Wildman–Crippen MR) is 106 cm³/mol. The van der Waals surface area contributed by atoms with E-state index in [1.165, 1.54) is 18.2 Å². The van der Waals surface area contributed by atoms with E-state index in [0.717, 1.165) is 30.5 Å². The van der Waals surface area contributed by atoms with Crippen LogP contribution < -0.4 is 9.62 Å². The number of benzene rings is 1. The lowest BCUT2D eigenvalue weighted by Gasteiger charge is -2.22. The van der Waals surface area contributed by atoms with Crippen LogP contribution in [0.4, 0.5) is 42.5 Å². The number of amides is 2. The van der Waals surface area contributed by atoms with E-state index in [9.17, 15) is 31.1 Å². The van der Waals surface area contributed by atoms with Crippen molar-refractivity contribution in [3.8, 4) is 0 Å². The van der Waals surface area contributed by atoms with Crippen molar-refractivity contribution in [2.24, 2.45) is 0 Å². The minimum Gasteiger partial charge on any atom is -0.307 e. The second kappa shape index (κ2) is 8.50. The minimum atomic E-state index is -4.87. The summed E-state index contributed by atoms with van der Waals surface area (Å²) in [5.41, 5.74) is -2.86. The van der Waals surface area contributed by atoms with Crippen LogP contribution in [0, 0.1) is 0 Å². The van der Waals surface area contributed by atoms with Gasteiger partial charge in [0.15, 0.2) is 5.69 Å². The van der Waals surface area contributed by atoms with Gasteiger partial charge in [-0.3, -0.25) is 4.68 Å². The van der Waals surface area contributed by atoms with Crippen LogP contribution in [0.5, 0.6) is 0 Å². The van der Waals surface area contributed by atoms with Gasteiger partial charge in [-0.15, -0.1) is 0 Å². The minimum absolute atomic E-state index is 0.0620. The first kappa shape index (κ1) is 23.1. The van der Waals surface area contributed by atoms with E-state index in [0.29, 0.717) is 14.0 Å². The van der Waals surface area contributed by atoms with Crippen LogP contribution >= 0.6 is 24.4 Å². The van der Waals surface area contributed by atoms with Gasteiger partial charge >= 0.3 is 18.4 Å². The molecule has 2 amide bonds. The molecule has 3 rings (SSSR count). The van der Waals surface area contributed by atoms with Gasteiger partial charge < -0.3 is 5.32 Å². The molecule has 0 spiro atoms. The number of alkyl halides is 6. The molecule has 0 aliphatic heterocycles. The lowest BCUT2D eigenvalue weighted by molar-refractivity contribution is -0.144. The van der Waals surface area contributed by atoms with Gasteiger partial charge in [0, 0.05) is 10.7 Å². The van der Waals surface area contributed by atoms with Crippen LogP contribution in [0.15, 0.2) is 53.7 Å². The average molecular weight is 483 g/mol. The van der Waals surface area contributed by atoms with Crippen LogP contribution in [-0.4, -0.2) is 15.8 Å². The molecule has 1 N–H and O–H groups in total. The van der Waals surface area contributed by atoms with Crippen molar-refractivity contribution in [3.63, 3.8) is 0 Å². The van der Waals surface area contributed by atoms with Gasteiger partial charge in [0.1, 0.15) is 5.69 Å². The summed E-state index contributed by atoms with van der Waals surface area (Å²) in [5, 5.41) is 6.33. The molecule has 5 nitrogen and oxygen atoms in total. The van der Waals surface area contributed by atoms with Crippen LogP contribution in [0.3, 0.4) is 0 Å². The van der Waals surface area contributed by atoms with E-state index in [1.54, 1.807) is 0 Å². The number of urea groups is 1. The molecule has 1 aromatic carbocycles. The van der Waals surface area contributed by atoms with Crippen LogP contribution in [0.25, 0.3) is 0 Å². The summed E-state index contributed by atoms with van der Waals surface area (Å²) in [6.45, 7) is 0. The molecular formula is C18H13ClF6N4OS. The van der Waals surface area contributed by atoms with Crippen molar-refractivity contribution in [1.82, 2.24) is 9.78 Å². The van der Waals surface area contributed by atoms with Gasteiger partial charge in [-0.25, -0.2) is 9.10 Å². The van der Waals surface area contributed by atoms with Crippen LogP contribution in [0.1, 0.15) is 23.7 Å². The summed E-state index contributed by atoms with van der Waals surface area (Å²) in [6, 6.07) is 1.50. The van der Waals surface area contributed by atoms with Gasteiger partial charge in [0.2, 0.25) is 0 Å². The predicted octanol–water partition coefficient (Wildman–Crippen LogP) is 6.43. The monoisotopic (exact) mass is 482 g/mol. The van der Waals surface area contributed by atoms with Gasteiger partial charge in [-0.2, -0.15) is 31.4 Å². The quantitative estimate of drug-likeness (QED) is 0.391. The lowest BCUT2D eigenvalue weighted by Crippen LogP contribution is -2.29. The van der Waals surface area contributed by atoms with E-state index in [1.807, 2.05) is 0 Å². The number of allylic oxidation sites excluding steroid dienone is 4. The molecule has 0 bridgehead atoms. The fourth-order valence-corrected chi connectivity index (χ4v) is 3.19. The summed E-state index contributed by atoms with van der Waals surface area (Å²) in [4.78, 5) is 12.4. The smallest absolute Gasteiger partial charge is 0.307 e. The third kappa shape index (κ3) is 5.18. The van der Waals surface area contributed by atoms with Gasteiger partial charge in [0.25, 0.3) is 0 Å². The largest absolute Gasteiger partial charge is 0.435 e. The molecule has 0 radical (unpaired) electrons. The zero-order valence-electron chi connectivity index (χ0n) is 15.2. The Morgan fingerprint density at radius 3 is 2.32 bits per heavy atom. The average Bonchev–Trinajstić information content (AvgIpc) is 3.13. The Labute approximate surface area is 182 Å². The van der Waals surface area contributed by atoms with Crippen LogP contribution in [-0.2, 0) is 12.4 Å². The van der Waals surface area contributed by atoms with Crippen molar-refractivity contribution < 1.29 is 31.1 Å². The summed E-state index contributed by atoms with van der Waals surface area (Å²) in [7, 11) is 0. The number of halogens is 7. The molecular weight excluding hydrogens is 470 g/mol. The van der Waals surface area contributed by atoms with Gasteiger partial charge in [0.05, 0.1) is 17.8 Å². The molecule has 0 saturated carbocycles. The zero-order chi connectivity index (χ0) is 23.0. The molecule has 1 aromatic heterocycles. The summed E-state index contributed by atoms with van der Waals surface area (Å²) < 4.78 is 80.2. The first-order valence-corrected chi connectivity index (χ1v) is 9.31. The Bertz CT molecular complexity index is 1030. The van der Waals surface area contributed by atoms with Crippen molar-refractivity contribution in [2.45, 2.75) is 24.8 Å². The Morgan fingerprint density at radius 1 is 1.16 bits per heavy atom. The second-order valence-electron chi connectivity index (χ2n) is 6.39. The summed E-state index contributed by atoms with van der Waals surface area (Å²) in [5.74, 6) is 0. The molecule has 1 unspecified atom stereocenters. The molecule has 13 heteroatoms. The number of anilines is 2. The van der Waals surface area contributed by atoms with Crippen molar-refractivity contribution in [3.05, 3.63) is 65.0 Å². The normalized spacial score (nSPS) is 16.8. The molecule has 1 atom stereocenters. The SMILES string of the molecule is O=C(Nc1ccc(C(F)(F)F)cc1)N(S)c1cnn(C2C=CC(Cl)=CC2)c1C(F)(F)F. The highest BCUT2D eigenvalue weighted by Crippen LogP contribution is 2.40. The maximum atomic E-state index is 13.8. The van der Waals surface area contributed by atoms with E-state index in [2.05, 4.69) is 23.2 Å². The molecule has 1 aliphatic carbocycles. The highest BCUT2D eigenvalue weighted by Gasteiger charge is 2.42. The van der Waals surface area contributed by atoms with Crippen LogP contribution in [0.2, 0.25) is 0 Å². The Kier molecular flexibility index (Phi) is 6.33. The van der Waals surface area contributed by atoms with Gasteiger partial charge in [-0.05, 0) is 36.8 Å². The first-order chi connectivity index (χ1) is 14.4. The Balaban J connectivity index is 1.85. The van der Waals surface area contributed by atoms with E-state index in [4.69, 9.17) is 11.6 Å². The summed E-state index contributed by atoms with van der Waals surface area (Å²) in [6.07, 6.45) is -4.04. The number of carbonyl (C=O) groups excluding carboxylic acids is 1. The highest BCUT2D eigenvalue weighted by atomic mass is 35.5. The molecule has 0 saturated heterocycles. The maximum absolute atomic E-state index is 13.8. The highest BCUT2D eigenvalue weighted by molar-refractivity contribution is 7.82. The molecule has 1 aliphatic rings. The number of nitrogens with one attached hydrogen (secondary N) is 1. The number of carbonyl (C=O) groups is 1. The van der Waals surface area contributed by atoms with E-state index in [-0.39, 0.29) is 12.1 Å².